The van der Waals surface area contributed by atoms with Gasteiger partial charge in [-0.3, -0.25) is 4.79 Å². The lowest BCUT2D eigenvalue weighted by molar-refractivity contribution is -0.142. The van der Waals surface area contributed by atoms with Gasteiger partial charge in [0.2, 0.25) is 0 Å². The van der Waals surface area contributed by atoms with E-state index < -0.39 is 0 Å². The third-order valence-electron chi connectivity index (χ3n) is 2.62. The summed E-state index contributed by atoms with van der Waals surface area (Å²) in [5, 5.41) is 2.88. The highest BCUT2D eigenvalue weighted by Crippen LogP contribution is 2.23. The van der Waals surface area contributed by atoms with E-state index in [0.717, 1.165) is 5.01 Å². The number of carbonyl (C=O) groups is 1. The molecule has 0 atom stereocenters. The summed E-state index contributed by atoms with van der Waals surface area (Å²) in [7, 11) is 0. The average molecular weight is 314 g/mol. The van der Waals surface area contributed by atoms with Gasteiger partial charge in [-0.1, -0.05) is 17.7 Å². The Bertz CT molecular complexity index is 595. The molecule has 0 fully saturated rings. The second kappa shape index (κ2) is 6.81. The summed E-state index contributed by atoms with van der Waals surface area (Å²) in [6.07, 6.45) is 0.453. The maximum absolute atomic E-state index is 13.7. The van der Waals surface area contributed by atoms with Crippen molar-refractivity contribution in [1.29, 1.82) is 0 Å². The van der Waals surface area contributed by atoms with Crippen molar-refractivity contribution in [2.45, 2.75) is 19.8 Å². The average Bonchev–Trinajstić information content (AvgIpc) is 2.82. The van der Waals surface area contributed by atoms with Gasteiger partial charge >= 0.3 is 5.97 Å². The zero-order valence-electron chi connectivity index (χ0n) is 10.9. The SMILES string of the molecule is CCOC(=O)Cc1csc(Cc2c(F)cccc2Cl)n1. The molecule has 0 aliphatic carbocycles. The Hall–Kier alpha value is -1.46. The fourth-order valence-corrected chi connectivity index (χ4v) is 2.76. The third kappa shape index (κ3) is 3.77. The van der Waals surface area contributed by atoms with Crippen LogP contribution in [0.1, 0.15) is 23.2 Å². The van der Waals surface area contributed by atoms with E-state index in [2.05, 4.69) is 4.98 Å². The number of ether oxygens (including phenoxy) is 1. The van der Waals surface area contributed by atoms with Crippen molar-refractivity contribution in [1.82, 2.24) is 4.98 Å². The van der Waals surface area contributed by atoms with Crippen LogP contribution in [0, 0.1) is 5.82 Å². The van der Waals surface area contributed by atoms with Gasteiger partial charge < -0.3 is 4.74 Å². The smallest absolute Gasteiger partial charge is 0.311 e. The number of hydrogen-bond donors (Lipinski definition) is 0. The van der Waals surface area contributed by atoms with Crippen molar-refractivity contribution in [3.05, 3.63) is 50.7 Å². The minimum absolute atomic E-state index is 0.134. The lowest BCUT2D eigenvalue weighted by atomic mass is 10.1. The van der Waals surface area contributed by atoms with Crippen LogP contribution in [0.5, 0.6) is 0 Å². The summed E-state index contributed by atoms with van der Waals surface area (Å²) in [5.74, 6) is -0.659. The first-order chi connectivity index (χ1) is 9.60. The van der Waals surface area contributed by atoms with Crippen LogP contribution in [0.15, 0.2) is 23.6 Å². The zero-order chi connectivity index (χ0) is 14.5. The molecule has 6 heteroatoms. The highest BCUT2D eigenvalue weighted by atomic mass is 35.5. The van der Waals surface area contributed by atoms with Crippen molar-refractivity contribution in [3.63, 3.8) is 0 Å². The molecule has 0 saturated heterocycles. The van der Waals surface area contributed by atoms with Crippen LogP contribution in [-0.4, -0.2) is 17.6 Å². The third-order valence-corrected chi connectivity index (χ3v) is 3.87. The molecule has 0 aliphatic rings. The fourth-order valence-electron chi connectivity index (χ4n) is 1.72. The summed E-state index contributed by atoms with van der Waals surface area (Å²) in [6, 6.07) is 4.58. The molecule has 0 radical (unpaired) electrons. The summed E-state index contributed by atoms with van der Waals surface area (Å²) >= 11 is 7.35. The van der Waals surface area contributed by atoms with Crippen molar-refractivity contribution in [2.75, 3.05) is 6.61 Å². The molecule has 1 aromatic heterocycles. The van der Waals surface area contributed by atoms with Gasteiger partial charge in [0.15, 0.2) is 0 Å². The predicted molar refractivity (Wildman–Crippen MR) is 76.7 cm³/mol. The minimum atomic E-state index is -0.348. The Labute approximate surface area is 125 Å². The molecular formula is C14H13ClFNO2S. The van der Waals surface area contributed by atoms with E-state index in [1.54, 1.807) is 24.4 Å². The Balaban J connectivity index is 2.08. The monoisotopic (exact) mass is 313 g/mol. The van der Waals surface area contributed by atoms with Crippen LogP contribution in [0.3, 0.4) is 0 Å². The number of nitrogens with zero attached hydrogens (tertiary/aromatic N) is 1. The first kappa shape index (κ1) is 14.9. The standard InChI is InChI=1S/C14H13ClFNO2S/c1-2-19-14(18)6-9-8-20-13(17-9)7-10-11(15)4-3-5-12(10)16/h3-5,8H,2,6-7H2,1H3. The predicted octanol–water partition coefficient (Wildman–Crippen LogP) is 3.63. The van der Waals surface area contributed by atoms with Gasteiger partial charge in [-0.15, -0.1) is 11.3 Å². The molecule has 1 aromatic carbocycles. The maximum Gasteiger partial charge on any atom is 0.311 e. The van der Waals surface area contributed by atoms with Crippen LogP contribution in [0.2, 0.25) is 5.02 Å². The maximum atomic E-state index is 13.7. The van der Waals surface area contributed by atoms with Crippen molar-refractivity contribution < 1.29 is 13.9 Å². The van der Waals surface area contributed by atoms with Gasteiger partial charge in [-0.05, 0) is 19.1 Å². The van der Waals surface area contributed by atoms with E-state index in [1.807, 2.05) is 0 Å². The van der Waals surface area contributed by atoms with E-state index in [1.165, 1.54) is 17.4 Å². The lowest BCUT2D eigenvalue weighted by Gasteiger charge is -2.03. The molecule has 0 saturated carbocycles. The molecule has 3 nitrogen and oxygen atoms in total. The summed E-state index contributed by atoms with van der Waals surface area (Å²) in [5.41, 5.74) is 1.06. The zero-order valence-corrected chi connectivity index (χ0v) is 12.4. The molecule has 0 bridgehead atoms. The molecule has 20 heavy (non-hydrogen) atoms. The molecule has 0 N–H and O–H groups in total. The second-order valence-corrected chi connectivity index (χ2v) is 5.44. The lowest BCUT2D eigenvalue weighted by Crippen LogP contribution is -2.07. The Morgan fingerprint density at radius 2 is 2.30 bits per heavy atom. The molecule has 0 unspecified atom stereocenters. The number of carbonyl (C=O) groups excluding carboxylic acids is 1. The first-order valence-electron chi connectivity index (χ1n) is 6.12. The number of esters is 1. The van der Waals surface area contributed by atoms with E-state index in [-0.39, 0.29) is 18.2 Å². The van der Waals surface area contributed by atoms with Gasteiger partial charge in [0.1, 0.15) is 5.82 Å². The molecular weight excluding hydrogens is 301 g/mol. The highest BCUT2D eigenvalue weighted by molar-refractivity contribution is 7.09. The van der Waals surface area contributed by atoms with E-state index in [4.69, 9.17) is 16.3 Å². The van der Waals surface area contributed by atoms with E-state index in [9.17, 15) is 9.18 Å². The van der Waals surface area contributed by atoms with Crippen molar-refractivity contribution in [2.24, 2.45) is 0 Å². The molecule has 106 valence electrons. The fraction of sp³-hybridized carbons (Fsp3) is 0.286. The van der Waals surface area contributed by atoms with Crippen molar-refractivity contribution >= 4 is 28.9 Å². The van der Waals surface area contributed by atoms with Crippen LogP contribution < -0.4 is 0 Å². The quantitative estimate of drug-likeness (QED) is 0.791. The van der Waals surface area contributed by atoms with Gasteiger partial charge in [-0.25, -0.2) is 9.37 Å². The first-order valence-corrected chi connectivity index (χ1v) is 7.37. The molecule has 0 amide bonds. The second-order valence-electron chi connectivity index (χ2n) is 4.09. The van der Waals surface area contributed by atoms with Crippen LogP contribution in [0.4, 0.5) is 4.39 Å². The molecule has 0 aliphatic heterocycles. The number of rotatable bonds is 5. The Kier molecular flexibility index (Phi) is 5.09. The van der Waals surface area contributed by atoms with E-state index >= 15 is 0 Å². The molecule has 2 rings (SSSR count). The largest absolute Gasteiger partial charge is 0.466 e. The Morgan fingerprint density at radius 1 is 1.50 bits per heavy atom. The molecule has 1 heterocycles. The number of thiazole rings is 1. The van der Waals surface area contributed by atoms with Gasteiger partial charge in [0.25, 0.3) is 0 Å². The van der Waals surface area contributed by atoms with Crippen molar-refractivity contribution in [3.8, 4) is 0 Å². The minimum Gasteiger partial charge on any atom is -0.466 e. The number of halogens is 2. The number of hydrogen-bond acceptors (Lipinski definition) is 4. The Morgan fingerprint density at radius 3 is 3.00 bits per heavy atom. The number of aromatic nitrogens is 1. The summed E-state index contributed by atoms with van der Waals surface area (Å²) < 4.78 is 18.5. The normalized spacial score (nSPS) is 10.6. The van der Waals surface area contributed by atoms with E-state index in [0.29, 0.717) is 29.3 Å². The number of benzene rings is 1. The van der Waals surface area contributed by atoms with Gasteiger partial charge in [-0.2, -0.15) is 0 Å². The van der Waals surface area contributed by atoms with Gasteiger partial charge in [0.05, 0.1) is 23.7 Å². The van der Waals surface area contributed by atoms with Crippen LogP contribution in [0.25, 0.3) is 0 Å². The highest BCUT2D eigenvalue weighted by Gasteiger charge is 2.12. The topological polar surface area (TPSA) is 39.2 Å². The summed E-state index contributed by atoms with van der Waals surface area (Å²) in [4.78, 5) is 15.7. The van der Waals surface area contributed by atoms with Crippen LogP contribution in [-0.2, 0) is 22.4 Å². The van der Waals surface area contributed by atoms with Gasteiger partial charge in [0, 0.05) is 22.4 Å². The molecule has 0 spiro atoms. The molecule has 2 aromatic rings. The van der Waals surface area contributed by atoms with Crippen LogP contribution >= 0.6 is 22.9 Å². The summed E-state index contributed by atoms with van der Waals surface area (Å²) in [6.45, 7) is 2.10.